The van der Waals surface area contributed by atoms with Gasteiger partial charge in [0, 0.05) is 58.0 Å². The van der Waals surface area contributed by atoms with E-state index in [1.807, 2.05) is 45.2 Å². The number of carbonyl (C=O) groups is 1. The second kappa shape index (κ2) is 13.3. The summed E-state index contributed by atoms with van der Waals surface area (Å²) >= 11 is 0. The van der Waals surface area contributed by atoms with Crippen molar-refractivity contribution in [3.8, 4) is 0 Å². The molecule has 2 amide bonds. The maximum atomic E-state index is 11.8. The second-order valence-electron chi connectivity index (χ2n) is 8.10. The van der Waals surface area contributed by atoms with Crippen molar-refractivity contribution in [1.82, 2.24) is 20.4 Å². The number of nitrogens with one attached hydrogen (secondary N) is 3. The highest BCUT2D eigenvalue weighted by Crippen LogP contribution is 2.11. The molecule has 0 atom stereocenters. The fraction of sp³-hybridized carbons (Fsp3) is 0.417. The number of carbonyl (C=O) groups excluding carboxylic acids is 1. The molecular weight excluding hydrogens is 515 g/mol. The molecule has 8 heteroatoms. The van der Waals surface area contributed by atoms with Gasteiger partial charge in [0.05, 0.1) is 0 Å². The number of guanidine groups is 1. The minimum Gasteiger partial charge on any atom is -0.352 e. The summed E-state index contributed by atoms with van der Waals surface area (Å²) in [6.45, 7) is 9.52. The minimum absolute atomic E-state index is 0. The third kappa shape index (κ3) is 8.31. The molecule has 7 nitrogen and oxygen atoms in total. The quantitative estimate of drug-likeness (QED) is 0.291. The molecule has 1 aliphatic rings. The van der Waals surface area contributed by atoms with Gasteiger partial charge in [0.15, 0.2) is 5.96 Å². The van der Waals surface area contributed by atoms with E-state index in [-0.39, 0.29) is 36.0 Å². The van der Waals surface area contributed by atoms with Crippen LogP contribution in [0.2, 0.25) is 0 Å². The first-order valence-electron chi connectivity index (χ1n) is 10.9. The van der Waals surface area contributed by atoms with Gasteiger partial charge in [0.1, 0.15) is 0 Å². The summed E-state index contributed by atoms with van der Waals surface area (Å²) in [6.07, 6.45) is 0. The fourth-order valence-electron chi connectivity index (χ4n) is 3.61. The van der Waals surface area contributed by atoms with Crippen molar-refractivity contribution in [3.63, 3.8) is 0 Å². The summed E-state index contributed by atoms with van der Waals surface area (Å²) < 4.78 is 0. The highest BCUT2D eigenvalue weighted by atomic mass is 127. The minimum atomic E-state index is -0.187. The first-order valence-corrected chi connectivity index (χ1v) is 10.9. The molecule has 1 heterocycles. The number of benzene rings is 2. The number of rotatable bonds is 6. The number of hydrogen-bond acceptors (Lipinski definition) is 3. The molecule has 3 N–H and O–H groups in total. The van der Waals surface area contributed by atoms with E-state index in [2.05, 4.69) is 61.1 Å². The molecule has 1 saturated heterocycles. The SMILES string of the molecule is CN=C(NCc1ccc(NC(=O)NC(C)C)cc1)N1CCN(Cc2ccccc2)CC1.I. The fourth-order valence-corrected chi connectivity index (χ4v) is 3.61. The number of amides is 2. The Hall–Kier alpha value is -2.33. The maximum absolute atomic E-state index is 11.8. The number of hydrogen-bond donors (Lipinski definition) is 3. The average molecular weight is 550 g/mol. The number of piperazine rings is 1. The largest absolute Gasteiger partial charge is 0.352 e. The lowest BCUT2D eigenvalue weighted by Gasteiger charge is -2.36. The molecular formula is C24H35IN6O. The lowest BCUT2D eigenvalue weighted by molar-refractivity contribution is 0.172. The van der Waals surface area contributed by atoms with Crippen molar-refractivity contribution < 1.29 is 4.79 Å². The molecule has 0 saturated carbocycles. The predicted octanol–water partition coefficient (Wildman–Crippen LogP) is 3.73. The van der Waals surface area contributed by atoms with Crippen LogP contribution in [0.25, 0.3) is 0 Å². The molecule has 0 bridgehead atoms. The van der Waals surface area contributed by atoms with Crippen molar-refractivity contribution >= 4 is 41.7 Å². The molecule has 1 fully saturated rings. The zero-order valence-corrected chi connectivity index (χ0v) is 21.5. The van der Waals surface area contributed by atoms with Crippen LogP contribution in [0.4, 0.5) is 10.5 Å². The number of halogens is 1. The smallest absolute Gasteiger partial charge is 0.319 e. The van der Waals surface area contributed by atoms with E-state index in [1.165, 1.54) is 5.56 Å². The van der Waals surface area contributed by atoms with E-state index in [4.69, 9.17) is 0 Å². The van der Waals surface area contributed by atoms with Crippen molar-refractivity contribution in [2.45, 2.75) is 33.0 Å². The van der Waals surface area contributed by atoms with Gasteiger partial charge < -0.3 is 20.9 Å². The highest BCUT2D eigenvalue weighted by Gasteiger charge is 2.19. The van der Waals surface area contributed by atoms with Gasteiger partial charge in [-0.25, -0.2) is 4.79 Å². The van der Waals surface area contributed by atoms with Crippen LogP contribution in [0.3, 0.4) is 0 Å². The zero-order chi connectivity index (χ0) is 22.1. The van der Waals surface area contributed by atoms with E-state index < -0.39 is 0 Å². The van der Waals surface area contributed by atoms with Gasteiger partial charge >= 0.3 is 6.03 Å². The van der Waals surface area contributed by atoms with Gasteiger partial charge in [0.25, 0.3) is 0 Å². The summed E-state index contributed by atoms with van der Waals surface area (Å²) in [5, 5.41) is 9.13. The molecule has 2 aromatic carbocycles. The molecule has 1 aliphatic heterocycles. The summed E-state index contributed by atoms with van der Waals surface area (Å²) in [6, 6.07) is 18.4. The summed E-state index contributed by atoms with van der Waals surface area (Å²) in [5.74, 6) is 0.929. The monoisotopic (exact) mass is 550 g/mol. The Bertz CT molecular complexity index is 849. The van der Waals surface area contributed by atoms with E-state index in [0.717, 1.165) is 49.9 Å². The predicted molar refractivity (Wildman–Crippen MR) is 143 cm³/mol. The van der Waals surface area contributed by atoms with Crippen LogP contribution in [0.15, 0.2) is 59.6 Å². The van der Waals surface area contributed by atoms with Crippen molar-refractivity contribution in [2.24, 2.45) is 4.99 Å². The van der Waals surface area contributed by atoms with Crippen LogP contribution >= 0.6 is 24.0 Å². The van der Waals surface area contributed by atoms with E-state index >= 15 is 0 Å². The Labute approximate surface area is 208 Å². The molecule has 2 aromatic rings. The van der Waals surface area contributed by atoms with Crippen LogP contribution in [-0.2, 0) is 13.1 Å². The lowest BCUT2D eigenvalue weighted by Crippen LogP contribution is -2.52. The van der Waals surface area contributed by atoms with Crippen LogP contribution < -0.4 is 16.0 Å². The van der Waals surface area contributed by atoms with Crippen molar-refractivity contribution in [2.75, 3.05) is 38.5 Å². The van der Waals surface area contributed by atoms with Crippen molar-refractivity contribution in [1.29, 1.82) is 0 Å². The average Bonchev–Trinajstić information content (AvgIpc) is 2.76. The standard InChI is InChI=1S/C24H34N6O.HI/c1-19(2)27-24(31)28-22-11-9-20(10-12-22)17-26-23(25-3)30-15-13-29(14-16-30)18-21-7-5-4-6-8-21;/h4-12,19H,13-18H2,1-3H3,(H,25,26)(H2,27,28,31);1H. The Balaban J connectivity index is 0.00000363. The second-order valence-corrected chi connectivity index (χ2v) is 8.10. The van der Waals surface area contributed by atoms with Gasteiger partial charge in [-0.05, 0) is 37.1 Å². The highest BCUT2D eigenvalue weighted by molar-refractivity contribution is 14.0. The normalized spacial score (nSPS) is 14.6. The van der Waals surface area contributed by atoms with Gasteiger partial charge in [-0.1, -0.05) is 42.5 Å². The molecule has 0 spiro atoms. The van der Waals surface area contributed by atoms with Crippen LogP contribution in [0, 0.1) is 0 Å². The molecule has 174 valence electrons. The molecule has 0 aliphatic carbocycles. The third-order valence-electron chi connectivity index (χ3n) is 5.21. The molecule has 0 radical (unpaired) electrons. The van der Waals surface area contributed by atoms with E-state index in [0.29, 0.717) is 6.54 Å². The molecule has 0 unspecified atom stereocenters. The lowest BCUT2D eigenvalue weighted by atomic mass is 10.2. The summed E-state index contributed by atoms with van der Waals surface area (Å²) in [4.78, 5) is 21.1. The Morgan fingerprint density at radius 1 is 0.969 bits per heavy atom. The summed E-state index contributed by atoms with van der Waals surface area (Å²) in [7, 11) is 1.83. The van der Waals surface area contributed by atoms with Crippen LogP contribution in [0.1, 0.15) is 25.0 Å². The number of anilines is 1. The molecule has 3 rings (SSSR count). The third-order valence-corrected chi connectivity index (χ3v) is 5.21. The molecule has 32 heavy (non-hydrogen) atoms. The van der Waals surface area contributed by atoms with E-state index in [1.54, 1.807) is 0 Å². The van der Waals surface area contributed by atoms with Crippen LogP contribution in [-0.4, -0.2) is 61.1 Å². The number of aliphatic imine (C=N–C) groups is 1. The van der Waals surface area contributed by atoms with Gasteiger partial charge in [-0.2, -0.15) is 0 Å². The Morgan fingerprint density at radius 2 is 1.62 bits per heavy atom. The first-order chi connectivity index (χ1) is 15.0. The number of nitrogens with zero attached hydrogens (tertiary/aromatic N) is 3. The summed E-state index contributed by atoms with van der Waals surface area (Å²) in [5.41, 5.74) is 3.28. The van der Waals surface area contributed by atoms with Crippen LogP contribution in [0.5, 0.6) is 0 Å². The van der Waals surface area contributed by atoms with Gasteiger partial charge in [0.2, 0.25) is 0 Å². The zero-order valence-electron chi connectivity index (χ0n) is 19.2. The van der Waals surface area contributed by atoms with E-state index in [9.17, 15) is 4.79 Å². The number of urea groups is 1. The van der Waals surface area contributed by atoms with Crippen molar-refractivity contribution in [3.05, 3.63) is 65.7 Å². The van der Waals surface area contributed by atoms with Gasteiger partial charge in [-0.3, -0.25) is 9.89 Å². The Morgan fingerprint density at radius 3 is 2.22 bits per heavy atom. The topological polar surface area (TPSA) is 72.0 Å². The molecule has 0 aromatic heterocycles. The Kier molecular flexibility index (Phi) is 10.8. The first kappa shape index (κ1) is 25.9. The van der Waals surface area contributed by atoms with Gasteiger partial charge in [-0.15, -0.1) is 24.0 Å². The maximum Gasteiger partial charge on any atom is 0.319 e.